The SMILES string of the molecule is O=C(NCc1cccc(F)c1)NC1CCCCCC1. The number of halogens is 1. The van der Waals surface area contributed by atoms with E-state index in [0.717, 1.165) is 18.4 Å². The Balaban J connectivity index is 1.74. The molecule has 0 radical (unpaired) electrons. The molecule has 0 saturated heterocycles. The maximum absolute atomic E-state index is 13.0. The third-order valence-corrected chi connectivity index (χ3v) is 3.53. The molecule has 4 heteroatoms. The van der Waals surface area contributed by atoms with E-state index in [1.807, 2.05) is 0 Å². The van der Waals surface area contributed by atoms with Crippen molar-refractivity contribution < 1.29 is 9.18 Å². The summed E-state index contributed by atoms with van der Waals surface area (Å²) < 4.78 is 13.0. The maximum Gasteiger partial charge on any atom is 0.315 e. The van der Waals surface area contributed by atoms with Crippen molar-refractivity contribution in [3.8, 4) is 0 Å². The molecule has 1 saturated carbocycles. The van der Waals surface area contributed by atoms with Crippen LogP contribution in [0.5, 0.6) is 0 Å². The number of amides is 2. The lowest BCUT2D eigenvalue weighted by Crippen LogP contribution is -2.41. The lowest BCUT2D eigenvalue weighted by molar-refractivity contribution is 0.235. The van der Waals surface area contributed by atoms with E-state index in [1.165, 1.54) is 37.8 Å². The normalized spacial score (nSPS) is 16.7. The largest absolute Gasteiger partial charge is 0.335 e. The molecule has 0 unspecified atom stereocenters. The molecule has 1 aromatic rings. The molecule has 1 aliphatic rings. The second kappa shape index (κ2) is 7.12. The number of benzene rings is 1. The van der Waals surface area contributed by atoms with Crippen molar-refractivity contribution in [1.29, 1.82) is 0 Å². The van der Waals surface area contributed by atoms with Crippen LogP contribution < -0.4 is 10.6 Å². The van der Waals surface area contributed by atoms with Crippen LogP contribution in [0.3, 0.4) is 0 Å². The Morgan fingerprint density at radius 1 is 1.21 bits per heavy atom. The summed E-state index contributed by atoms with van der Waals surface area (Å²) in [5.41, 5.74) is 0.774. The van der Waals surface area contributed by atoms with Crippen molar-refractivity contribution in [2.24, 2.45) is 0 Å². The summed E-state index contributed by atoms with van der Waals surface area (Å²) >= 11 is 0. The van der Waals surface area contributed by atoms with Crippen LogP contribution in [0.1, 0.15) is 44.1 Å². The van der Waals surface area contributed by atoms with Gasteiger partial charge in [-0.2, -0.15) is 0 Å². The van der Waals surface area contributed by atoms with E-state index in [4.69, 9.17) is 0 Å². The molecular formula is C15H21FN2O. The number of hydrogen-bond donors (Lipinski definition) is 2. The molecule has 0 spiro atoms. The van der Waals surface area contributed by atoms with Crippen LogP contribution in [-0.4, -0.2) is 12.1 Å². The minimum absolute atomic E-state index is 0.156. The van der Waals surface area contributed by atoms with E-state index in [-0.39, 0.29) is 17.9 Å². The molecule has 0 bridgehead atoms. The quantitative estimate of drug-likeness (QED) is 0.808. The van der Waals surface area contributed by atoms with Gasteiger partial charge in [-0.1, -0.05) is 37.8 Å². The highest BCUT2D eigenvalue weighted by Crippen LogP contribution is 2.17. The molecule has 104 valence electrons. The van der Waals surface area contributed by atoms with E-state index in [9.17, 15) is 9.18 Å². The third kappa shape index (κ3) is 4.89. The Morgan fingerprint density at radius 3 is 2.63 bits per heavy atom. The molecule has 1 aliphatic carbocycles. The van der Waals surface area contributed by atoms with Gasteiger partial charge in [-0.05, 0) is 30.5 Å². The number of nitrogens with one attached hydrogen (secondary N) is 2. The topological polar surface area (TPSA) is 41.1 Å². The second-order valence-corrected chi connectivity index (χ2v) is 5.15. The summed E-state index contributed by atoms with van der Waals surface area (Å²) in [4.78, 5) is 11.8. The Kier molecular flexibility index (Phi) is 5.19. The summed E-state index contributed by atoms with van der Waals surface area (Å²) in [5, 5.41) is 5.78. The third-order valence-electron chi connectivity index (χ3n) is 3.53. The monoisotopic (exact) mass is 264 g/mol. The fraction of sp³-hybridized carbons (Fsp3) is 0.533. The lowest BCUT2D eigenvalue weighted by atomic mass is 10.1. The molecule has 2 amide bonds. The van der Waals surface area contributed by atoms with Gasteiger partial charge in [0.25, 0.3) is 0 Å². The van der Waals surface area contributed by atoms with E-state index in [2.05, 4.69) is 10.6 Å². The van der Waals surface area contributed by atoms with Crippen LogP contribution in [0.15, 0.2) is 24.3 Å². The molecule has 1 aromatic carbocycles. The first-order chi connectivity index (χ1) is 9.24. The van der Waals surface area contributed by atoms with Gasteiger partial charge < -0.3 is 10.6 Å². The summed E-state index contributed by atoms with van der Waals surface area (Å²) in [6.45, 7) is 0.357. The van der Waals surface area contributed by atoms with Crippen LogP contribution in [-0.2, 0) is 6.54 Å². The van der Waals surface area contributed by atoms with Crippen molar-refractivity contribution >= 4 is 6.03 Å². The van der Waals surface area contributed by atoms with Crippen molar-refractivity contribution in [3.63, 3.8) is 0 Å². The fourth-order valence-electron chi connectivity index (χ4n) is 2.49. The van der Waals surface area contributed by atoms with Gasteiger partial charge in [0.15, 0.2) is 0 Å². The minimum atomic E-state index is -0.275. The predicted octanol–water partition coefficient (Wildman–Crippen LogP) is 3.35. The molecule has 0 aliphatic heterocycles. The number of urea groups is 1. The smallest absolute Gasteiger partial charge is 0.315 e. The highest BCUT2D eigenvalue weighted by molar-refractivity contribution is 5.74. The molecular weight excluding hydrogens is 243 g/mol. The zero-order valence-electron chi connectivity index (χ0n) is 11.1. The van der Waals surface area contributed by atoms with Crippen LogP contribution in [0, 0.1) is 5.82 Å². The van der Waals surface area contributed by atoms with Crippen LogP contribution in [0.2, 0.25) is 0 Å². The van der Waals surface area contributed by atoms with Crippen LogP contribution in [0.25, 0.3) is 0 Å². The number of rotatable bonds is 3. The van der Waals surface area contributed by atoms with Crippen molar-refractivity contribution in [2.45, 2.75) is 51.1 Å². The van der Waals surface area contributed by atoms with Crippen molar-refractivity contribution in [3.05, 3.63) is 35.6 Å². The molecule has 2 rings (SSSR count). The number of carbonyl (C=O) groups excluding carboxylic acids is 1. The standard InChI is InChI=1S/C15H21FN2O/c16-13-7-5-6-12(10-13)11-17-15(19)18-14-8-3-1-2-4-9-14/h5-7,10,14H,1-4,8-9,11H2,(H2,17,18,19). The average molecular weight is 264 g/mol. The summed E-state index contributed by atoms with van der Waals surface area (Å²) in [7, 11) is 0. The van der Waals surface area contributed by atoms with E-state index < -0.39 is 0 Å². The van der Waals surface area contributed by atoms with Gasteiger partial charge in [0.1, 0.15) is 5.82 Å². The first-order valence-corrected chi connectivity index (χ1v) is 7.03. The second-order valence-electron chi connectivity index (χ2n) is 5.15. The highest BCUT2D eigenvalue weighted by Gasteiger charge is 2.14. The van der Waals surface area contributed by atoms with E-state index in [0.29, 0.717) is 6.54 Å². The van der Waals surface area contributed by atoms with Gasteiger partial charge in [0.2, 0.25) is 0 Å². The Bertz CT molecular complexity index is 414. The first kappa shape index (κ1) is 13.8. The number of carbonyl (C=O) groups is 1. The molecule has 0 heterocycles. The van der Waals surface area contributed by atoms with Gasteiger partial charge in [-0.15, -0.1) is 0 Å². The van der Waals surface area contributed by atoms with E-state index >= 15 is 0 Å². The molecule has 1 fully saturated rings. The molecule has 0 atom stereocenters. The van der Waals surface area contributed by atoms with Crippen molar-refractivity contribution in [2.75, 3.05) is 0 Å². The van der Waals surface area contributed by atoms with E-state index in [1.54, 1.807) is 12.1 Å². The Hall–Kier alpha value is -1.58. The summed E-state index contributed by atoms with van der Waals surface area (Å²) in [6.07, 6.45) is 7.04. The predicted molar refractivity (Wildman–Crippen MR) is 73.3 cm³/mol. The summed E-state index contributed by atoms with van der Waals surface area (Å²) in [6, 6.07) is 6.41. The molecule has 19 heavy (non-hydrogen) atoms. The fourth-order valence-corrected chi connectivity index (χ4v) is 2.49. The first-order valence-electron chi connectivity index (χ1n) is 7.03. The van der Waals surface area contributed by atoms with Gasteiger partial charge in [0, 0.05) is 12.6 Å². The molecule has 2 N–H and O–H groups in total. The lowest BCUT2D eigenvalue weighted by Gasteiger charge is -2.16. The molecule has 3 nitrogen and oxygen atoms in total. The zero-order valence-corrected chi connectivity index (χ0v) is 11.1. The zero-order chi connectivity index (χ0) is 13.5. The van der Waals surface area contributed by atoms with Crippen molar-refractivity contribution in [1.82, 2.24) is 10.6 Å². The van der Waals surface area contributed by atoms with Gasteiger partial charge in [-0.25, -0.2) is 9.18 Å². The Labute approximate surface area is 113 Å². The van der Waals surface area contributed by atoms with Crippen LogP contribution >= 0.6 is 0 Å². The van der Waals surface area contributed by atoms with Gasteiger partial charge in [-0.3, -0.25) is 0 Å². The molecule has 0 aromatic heterocycles. The number of hydrogen-bond acceptors (Lipinski definition) is 1. The van der Waals surface area contributed by atoms with Crippen LogP contribution in [0.4, 0.5) is 9.18 Å². The van der Waals surface area contributed by atoms with Gasteiger partial charge in [0.05, 0.1) is 0 Å². The summed E-state index contributed by atoms with van der Waals surface area (Å²) in [5.74, 6) is -0.275. The Morgan fingerprint density at radius 2 is 1.95 bits per heavy atom. The maximum atomic E-state index is 13.0. The minimum Gasteiger partial charge on any atom is -0.335 e. The average Bonchev–Trinajstić information content (AvgIpc) is 2.65. The van der Waals surface area contributed by atoms with Gasteiger partial charge >= 0.3 is 6.03 Å². The highest BCUT2D eigenvalue weighted by atomic mass is 19.1.